The fourth-order valence-electron chi connectivity index (χ4n) is 1.31. The van der Waals surface area contributed by atoms with Gasteiger partial charge in [-0.25, -0.2) is 0 Å². The normalized spacial score (nSPS) is 11.2. The van der Waals surface area contributed by atoms with Gasteiger partial charge in [-0.1, -0.05) is 54.5 Å². The maximum atomic E-state index is 10.7. The standard InChI is InChI=1S/C11H14BrNOS/c1-11(2,7-13-10(14)15)8-4-3-5-9(12)6-8/h3-6H,7H2,1-2H3,(H2,13,14,15). The van der Waals surface area contributed by atoms with Crippen LogP contribution in [0, 0.1) is 0 Å². The zero-order valence-electron chi connectivity index (χ0n) is 8.75. The molecular weight excluding hydrogens is 274 g/mol. The van der Waals surface area contributed by atoms with E-state index in [1.165, 1.54) is 5.56 Å². The SMILES string of the molecule is CC(C)(CNC(=O)S)c1cccc(Br)c1. The zero-order valence-corrected chi connectivity index (χ0v) is 11.2. The van der Waals surface area contributed by atoms with Gasteiger partial charge in [-0.15, -0.1) is 0 Å². The lowest BCUT2D eigenvalue weighted by molar-refractivity contribution is 0.259. The highest BCUT2D eigenvalue weighted by Crippen LogP contribution is 2.25. The van der Waals surface area contributed by atoms with E-state index in [0.29, 0.717) is 6.54 Å². The summed E-state index contributed by atoms with van der Waals surface area (Å²) in [7, 11) is 0. The van der Waals surface area contributed by atoms with E-state index in [2.05, 4.69) is 59.9 Å². The third-order valence-corrected chi connectivity index (χ3v) is 2.94. The molecule has 0 bridgehead atoms. The Morgan fingerprint density at radius 2 is 2.20 bits per heavy atom. The van der Waals surface area contributed by atoms with Crippen molar-refractivity contribution in [3.63, 3.8) is 0 Å². The van der Waals surface area contributed by atoms with Crippen LogP contribution < -0.4 is 5.32 Å². The number of rotatable bonds is 3. The minimum Gasteiger partial charge on any atom is -0.346 e. The fraction of sp³-hybridized carbons (Fsp3) is 0.364. The van der Waals surface area contributed by atoms with Crippen molar-refractivity contribution in [2.45, 2.75) is 19.3 Å². The Kier molecular flexibility index (Phi) is 4.22. The molecule has 15 heavy (non-hydrogen) atoms. The lowest BCUT2D eigenvalue weighted by Gasteiger charge is -2.25. The molecule has 0 aliphatic rings. The van der Waals surface area contributed by atoms with Crippen molar-refractivity contribution in [2.75, 3.05) is 6.54 Å². The molecule has 82 valence electrons. The molecule has 1 amide bonds. The smallest absolute Gasteiger partial charge is 0.276 e. The van der Waals surface area contributed by atoms with Crippen molar-refractivity contribution < 1.29 is 4.79 Å². The van der Waals surface area contributed by atoms with Gasteiger partial charge in [0.1, 0.15) is 0 Å². The lowest BCUT2D eigenvalue weighted by atomic mass is 9.85. The van der Waals surface area contributed by atoms with Gasteiger partial charge >= 0.3 is 0 Å². The number of hydrogen-bond acceptors (Lipinski definition) is 1. The Morgan fingerprint density at radius 1 is 1.53 bits per heavy atom. The van der Waals surface area contributed by atoms with Gasteiger partial charge < -0.3 is 5.32 Å². The van der Waals surface area contributed by atoms with Crippen LogP contribution in [-0.4, -0.2) is 11.8 Å². The zero-order chi connectivity index (χ0) is 11.5. The molecule has 0 fully saturated rings. The summed E-state index contributed by atoms with van der Waals surface area (Å²) in [6.07, 6.45) is 0. The summed E-state index contributed by atoms with van der Waals surface area (Å²) in [6, 6.07) is 8.08. The van der Waals surface area contributed by atoms with Gasteiger partial charge in [-0.05, 0) is 17.7 Å². The van der Waals surface area contributed by atoms with E-state index in [0.717, 1.165) is 4.47 Å². The predicted octanol–water partition coefficient (Wildman–Crippen LogP) is 3.37. The number of thiol groups is 1. The number of benzene rings is 1. The molecule has 1 N–H and O–H groups in total. The Balaban J connectivity index is 2.80. The van der Waals surface area contributed by atoms with E-state index < -0.39 is 0 Å². The highest BCUT2D eigenvalue weighted by atomic mass is 79.9. The van der Waals surface area contributed by atoms with E-state index >= 15 is 0 Å². The minimum atomic E-state index is -0.293. The molecule has 1 aromatic rings. The Bertz CT molecular complexity index is 365. The molecule has 0 radical (unpaired) electrons. The average molecular weight is 288 g/mol. The first-order valence-electron chi connectivity index (χ1n) is 4.65. The summed E-state index contributed by atoms with van der Waals surface area (Å²) >= 11 is 7.12. The molecule has 0 saturated carbocycles. The van der Waals surface area contributed by atoms with Crippen molar-refractivity contribution in [3.8, 4) is 0 Å². The quantitative estimate of drug-likeness (QED) is 0.820. The number of amides is 1. The summed E-state index contributed by atoms with van der Waals surface area (Å²) in [5, 5.41) is 2.42. The lowest BCUT2D eigenvalue weighted by Crippen LogP contribution is -2.34. The van der Waals surface area contributed by atoms with Gasteiger partial charge in [0.05, 0.1) is 0 Å². The highest BCUT2D eigenvalue weighted by Gasteiger charge is 2.20. The topological polar surface area (TPSA) is 29.1 Å². The second-order valence-corrected chi connectivity index (χ2v) is 5.37. The van der Waals surface area contributed by atoms with Gasteiger partial charge in [-0.3, -0.25) is 4.79 Å². The van der Waals surface area contributed by atoms with E-state index in [4.69, 9.17) is 0 Å². The summed E-state index contributed by atoms with van der Waals surface area (Å²) in [5.74, 6) is 0. The van der Waals surface area contributed by atoms with Crippen molar-refractivity contribution in [2.24, 2.45) is 0 Å². The number of halogens is 1. The van der Waals surface area contributed by atoms with Crippen molar-refractivity contribution in [3.05, 3.63) is 34.3 Å². The van der Waals surface area contributed by atoms with Crippen LogP contribution >= 0.6 is 28.6 Å². The molecule has 0 spiro atoms. The van der Waals surface area contributed by atoms with Crippen LogP contribution in [0.4, 0.5) is 4.79 Å². The molecule has 1 aromatic carbocycles. The van der Waals surface area contributed by atoms with E-state index in [1.807, 2.05) is 12.1 Å². The molecule has 0 saturated heterocycles. The number of carbonyl (C=O) groups is 1. The van der Waals surface area contributed by atoms with E-state index in [-0.39, 0.29) is 10.7 Å². The fourth-order valence-corrected chi connectivity index (χ4v) is 1.79. The predicted molar refractivity (Wildman–Crippen MR) is 69.6 cm³/mol. The number of hydrogen-bond donors (Lipinski definition) is 2. The van der Waals surface area contributed by atoms with E-state index in [1.54, 1.807) is 0 Å². The Labute approximate surface area is 104 Å². The number of carbonyl (C=O) groups excluding carboxylic acids is 1. The van der Waals surface area contributed by atoms with Crippen molar-refractivity contribution in [1.82, 2.24) is 5.32 Å². The summed E-state index contributed by atoms with van der Waals surface area (Å²) in [5.41, 5.74) is 1.08. The average Bonchev–Trinajstić information content (AvgIpc) is 2.15. The van der Waals surface area contributed by atoms with E-state index in [9.17, 15) is 4.79 Å². The second-order valence-electron chi connectivity index (χ2n) is 4.05. The molecule has 0 heterocycles. The summed E-state index contributed by atoms with van der Waals surface area (Å²) in [6.45, 7) is 4.74. The molecule has 0 aliphatic heterocycles. The molecule has 4 heteroatoms. The summed E-state index contributed by atoms with van der Waals surface area (Å²) in [4.78, 5) is 10.7. The monoisotopic (exact) mass is 287 g/mol. The molecule has 0 aromatic heterocycles. The van der Waals surface area contributed by atoms with Crippen molar-refractivity contribution in [1.29, 1.82) is 0 Å². The largest absolute Gasteiger partial charge is 0.346 e. The molecule has 0 unspecified atom stereocenters. The van der Waals surface area contributed by atoms with Crippen LogP contribution in [0.3, 0.4) is 0 Å². The van der Waals surface area contributed by atoms with Crippen LogP contribution in [0.5, 0.6) is 0 Å². The van der Waals surface area contributed by atoms with Gasteiger partial charge in [0.15, 0.2) is 0 Å². The first-order chi connectivity index (χ1) is 6.92. The van der Waals surface area contributed by atoms with Crippen LogP contribution in [0.25, 0.3) is 0 Å². The first-order valence-corrected chi connectivity index (χ1v) is 5.89. The van der Waals surface area contributed by atoms with Crippen LogP contribution in [0.2, 0.25) is 0 Å². The van der Waals surface area contributed by atoms with Crippen LogP contribution in [0.15, 0.2) is 28.7 Å². The second kappa shape index (κ2) is 5.03. The minimum absolute atomic E-state index is 0.0951. The van der Waals surface area contributed by atoms with Crippen LogP contribution in [0.1, 0.15) is 19.4 Å². The van der Waals surface area contributed by atoms with Gasteiger partial charge in [-0.2, -0.15) is 0 Å². The Hall–Kier alpha value is -0.480. The highest BCUT2D eigenvalue weighted by molar-refractivity contribution is 9.10. The summed E-state index contributed by atoms with van der Waals surface area (Å²) < 4.78 is 1.05. The third kappa shape index (κ3) is 3.87. The maximum Gasteiger partial charge on any atom is 0.276 e. The first kappa shape index (κ1) is 12.6. The molecular formula is C11H14BrNOS. The molecule has 0 aliphatic carbocycles. The maximum absolute atomic E-state index is 10.7. The number of nitrogens with one attached hydrogen (secondary N) is 1. The molecule has 0 atom stereocenters. The van der Waals surface area contributed by atoms with Gasteiger partial charge in [0.25, 0.3) is 5.24 Å². The molecule has 2 nitrogen and oxygen atoms in total. The van der Waals surface area contributed by atoms with Gasteiger partial charge in [0, 0.05) is 16.4 Å². The van der Waals surface area contributed by atoms with Crippen LogP contribution in [-0.2, 0) is 5.41 Å². The van der Waals surface area contributed by atoms with Crippen molar-refractivity contribution >= 4 is 33.8 Å². The van der Waals surface area contributed by atoms with Gasteiger partial charge in [0.2, 0.25) is 0 Å². The molecule has 1 rings (SSSR count). The Morgan fingerprint density at radius 3 is 2.73 bits per heavy atom. The third-order valence-electron chi connectivity index (χ3n) is 2.29.